The highest BCUT2D eigenvalue weighted by Crippen LogP contribution is 2.24. The van der Waals surface area contributed by atoms with Gasteiger partial charge in [-0.2, -0.15) is 0 Å². The average Bonchev–Trinajstić information content (AvgIpc) is 3.05. The third-order valence-corrected chi connectivity index (χ3v) is 4.84. The van der Waals surface area contributed by atoms with Crippen molar-refractivity contribution in [1.82, 2.24) is 10.3 Å². The highest BCUT2D eigenvalue weighted by molar-refractivity contribution is 7.13. The highest BCUT2D eigenvalue weighted by Gasteiger charge is 2.20. The lowest BCUT2D eigenvalue weighted by Gasteiger charge is -2.14. The molecule has 6 nitrogen and oxygen atoms in total. The molecule has 1 amide bonds. The molecule has 2 N–H and O–H groups in total. The average molecular weight is 312 g/mol. The van der Waals surface area contributed by atoms with Crippen molar-refractivity contribution >= 4 is 23.2 Å². The largest absolute Gasteiger partial charge is 0.477 e. The molecule has 0 spiro atoms. The molecule has 1 aliphatic rings. The van der Waals surface area contributed by atoms with E-state index in [0.29, 0.717) is 10.7 Å². The van der Waals surface area contributed by atoms with Gasteiger partial charge in [-0.25, -0.2) is 9.78 Å². The summed E-state index contributed by atoms with van der Waals surface area (Å²) < 4.78 is 5.55. The predicted octanol–water partition coefficient (Wildman–Crippen LogP) is 2.29. The van der Waals surface area contributed by atoms with Gasteiger partial charge in [-0.3, -0.25) is 4.79 Å². The molecule has 0 aliphatic heterocycles. The number of aryl methyl sites for hydroxylation is 1. The molecular formula is C14H20N2O4S. The maximum atomic E-state index is 11.8. The number of nitrogens with one attached hydrogen (secondary N) is 1. The van der Waals surface area contributed by atoms with E-state index in [-0.39, 0.29) is 29.5 Å². The minimum absolute atomic E-state index is 0.0468. The second kappa shape index (κ2) is 7.00. The molecule has 7 heteroatoms. The maximum absolute atomic E-state index is 11.8. The molecule has 0 saturated heterocycles. The third kappa shape index (κ3) is 4.25. The highest BCUT2D eigenvalue weighted by atomic mass is 32.1. The van der Waals surface area contributed by atoms with E-state index >= 15 is 0 Å². The molecule has 1 saturated carbocycles. The van der Waals surface area contributed by atoms with Crippen LogP contribution < -0.4 is 5.32 Å². The Kier molecular flexibility index (Phi) is 5.30. The second-order valence-electron chi connectivity index (χ2n) is 5.28. The Labute approximate surface area is 127 Å². The molecule has 116 valence electrons. The van der Waals surface area contributed by atoms with Crippen molar-refractivity contribution in [1.29, 1.82) is 0 Å². The second-order valence-corrected chi connectivity index (χ2v) is 6.31. The molecule has 1 aromatic heterocycles. The normalized spacial score (nSPS) is 16.9. The summed E-state index contributed by atoms with van der Waals surface area (Å²) in [6.45, 7) is 3.49. The number of carbonyl (C=O) groups is 2. The number of carbonyl (C=O) groups excluding carboxylic acids is 1. The van der Waals surface area contributed by atoms with Gasteiger partial charge in [0.2, 0.25) is 5.91 Å². The molecule has 0 radical (unpaired) electrons. The third-order valence-electron chi connectivity index (χ3n) is 3.51. The first-order valence-electron chi connectivity index (χ1n) is 7.09. The lowest BCUT2D eigenvalue weighted by atomic mass is 10.3. The fourth-order valence-corrected chi connectivity index (χ4v) is 3.30. The zero-order valence-corrected chi connectivity index (χ0v) is 13.0. The lowest BCUT2D eigenvalue weighted by molar-refractivity contribution is -0.128. The van der Waals surface area contributed by atoms with E-state index in [0.717, 1.165) is 24.2 Å². The molecule has 2 rings (SSSR count). The van der Waals surface area contributed by atoms with Gasteiger partial charge < -0.3 is 15.2 Å². The fraction of sp³-hybridized carbons (Fsp3) is 0.643. The SMILES string of the molecule is Cc1nc(C(C)NC(=O)COC2CCCC2)sc1C(=O)O. The van der Waals surface area contributed by atoms with Crippen LogP contribution in [0.15, 0.2) is 0 Å². The van der Waals surface area contributed by atoms with Crippen LogP contribution in [0.2, 0.25) is 0 Å². The standard InChI is InChI=1S/C14H20N2O4S/c1-8-12(14(18)19)21-13(16-8)9(2)15-11(17)7-20-10-5-3-4-6-10/h9-10H,3-7H2,1-2H3,(H,15,17)(H,18,19). The van der Waals surface area contributed by atoms with Gasteiger partial charge in [0.25, 0.3) is 0 Å². The van der Waals surface area contributed by atoms with Gasteiger partial charge in [-0.05, 0) is 26.7 Å². The van der Waals surface area contributed by atoms with Crippen LogP contribution in [0.25, 0.3) is 0 Å². The van der Waals surface area contributed by atoms with E-state index in [9.17, 15) is 9.59 Å². The van der Waals surface area contributed by atoms with Crippen molar-refractivity contribution in [2.75, 3.05) is 6.61 Å². The summed E-state index contributed by atoms with van der Waals surface area (Å²) >= 11 is 1.09. The number of carboxylic acid groups (broad SMARTS) is 1. The number of ether oxygens (including phenoxy) is 1. The Morgan fingerprint density at radius 3 is 2.71 bits per heavy atom. The summed E-state index contributed by atoms with van der Waals surface area (Å²) in [5.74, 6) is -1.18. The van der Waals surface area contributed by atoms with Gasteiger partial charge in [-0.1, -0.05) is 12.8 Å². The smallest absolute Gasteiger partial charge is 0.347 e. The molecule has 0 aromatic carbocycles. The first-order chi connectivity index (χ1) is 9.97. The number of carboxylic acids is 1. The molecule has 1 heterocycles. The molecule has 21 heavy (non-hydrogen) atoms. The number of hydrogen-bond acceptors (Lipinski definition) is 5. The van der Waals surface area contributed by atoms with Crippen LogP contribution in [-0.4, -0.2) is 34.7 Å². The lowest BCUT2D eigenvalue weighted by Crippen LogP contribution is -2.31. The Bertz CT molecular complexity index is 523. The van der Waals surface area contributed by atoms with Crippen LogP contribution in [0, 0.1) is 6.92 Å². The van der Waals surface area contributed by atoms with Crippen LogP contribution in [0.4, 0.5) is 0 Å². The maximum Gasteiger partial charge on any atom is 0.347 e. The first kappa shape index (κ1) is 15.9. The molecule has 1 aliphatic carbocycles. The van der Waals surface area contributed by atoms with Crippen molar-refractivity contribution in [2.45, 2.75) is 51.7 Å². The number of amides is 1. The number of thiazole rings is 1. The number of rotatable bonds is 6. The van der Waals surface area contributed by atoms with Crippen LogP contribution >= 0.6 is 11.3 Å². The van der Waals surface area contributed by atoms with E-state index in [1.54, 1.807) is 13.8 Å². The minimum atomic E-state index is -0.987. The van der Waals surface area contributed by atoms with Gasteiger partial charge in [0.05, 0.1) is 17.8 Å². The number of aromatic nitrogens is 1. The zero-order valence-electron chi connectivity index (χ0n) is 12.2. The van der Waals surface area contributed by atoms with Crippen LogP contribution in [-0.2, 0) is 9.53 Å². The molecule has 0 bridgehead atoms. The zero-order chi connectivity index (χ0) is 15.4. The van der Waals surface area contributed by atoms with Gasteiger partial charge in [-0.15, -0.1) is 11.3 Å². The van der Waals surface area contributed by atoms with E-state index in [2.05, 4.69) is 10.3 Å². The topological polar surface area (TPSA) is 88.5 Å². The number of aromatic carboxylic acids is 1. The van der Waals surface area contributed by atoms with Crippen molar-refractivity contribution in [3.8, 4) is 0 Å². The predicted molar refractivity (Wildman–Crippen MR) is 78.6 cm³/mol. The van der Waals surface area contributed by atoms with Crippen LogP contribution in [0.5, 0.6) is 0 Å². The van der Waals surface area contributed by atoms with Crippen LogP contribution in [0.3, 0.4) is 0 Å². The Morgan fingerprint density at radius 2 is 2.14 bits per heavy atom. The Hall–Kier alpha value is -1.47. The van der Waals surface area contributed by atoms with Gasteiger partial charge in [0, 0.05) is 0 Å². The number of nitrogens with zero attached hydrogens (tertiary/aromatic N) is 1. The Balaban J connectivity index is 1.85. The van der Waals surface area contributed by atoms with Crippen molar-refractivity contribution in [3.05, 3.63) is 15.6 Å². The molecule has 1 unspecified atom stereocenters. The van der Waals surface area contributed by atoms with Gasteiger partial charge >= 0.3 is 5.97 Å². The summed E-state index contributed by atoms with van der Waals surface area (Å²) in [5.41, 5.74) is 0.478. The summed E-state index contributed by atoms with van der Waals surface area (Å²) in [6, 6.07) is -0.318. The van der Waals surface area contributed by atoms with Crippen LogP contribution in [0.1, 0.15) is 59.0 Å². The van der Waals surface area contributed by atoms with E-state index in [4.69, 9.17) is 9.84 Å². The van der Waals surface area contributed by atoms with Crippen molar-refractivity contribution in [3.63, 3.8) is 0 Å². The fourth-order valence-electron chi connectivity index (χ4n) is 2.39. The monoisotopic (exact) mass is 312 g/mol. The minimum Gasteiger partial charge on any atom is -0.477 e. The molecule has 1 fully saturated rings. The van der Waals surface area contributed by atoms with E-state index in [1.807, 2.05) is 0 Å². The quantitative estimate of drug-likeness (QED) is 0.841. The summed E-state index contributed by atoms with van der Waals surface area (Å²) in [5, 5.41) is 12.4. The van der Waals surface area contributed by atoms with E-state index in [1.165, 1.54) is 12.8 Å². The van der Waals surface area contributed by atoms with Gasteiger partial charge in [0.1, 0.15) is 16.5 Å². The summed E-state index contributed by atoms with van der Waals surface area (Å²) in [6.07, 6.45) is 4.58. The van der Waals surface area contributed by atoms with E-state index < -0.39 is 5.97 Å². The number of hydrogen-bond donors (Lipinski definition) is 2. The molecule has 1 aromatic rings. The Morgan fingerprint density at radius 1 is 1.48 bits per heavy atom. The van der Waals surface area contributed by atoms with Crippen molar-refractivity contribution in [2.24, 2.45) is 0 Å². The van der Waals surface area contributed by atoms with Gasteiger partial charge in [0.15, 0.2) is 0 Å². The summed E-state index contributed by atoms with van der Waals surface area (Å²) in [4.78, 5) is 27.2. The summed E-state index contributed by atoms with van der Waals surface area (Å²) in [7, 11) is 0. The van der Waals surface area contributed by atoms with Crippen molar-refractivity contribution < 1.29 is 19.4 Å². The molecular weight excluding hydrogens is 292 g/mol. The molecule has 1 atom stereocenters. The first-order valence-corrected chi connectivity index (χ1v) is 7.90.